The zero-order valence-electron chi connectivity index (χ0n) is 8.07. The quantitative estimate of drug-likeness (QED) is 0.476. The van der Waals surface area contributed by atoms with E-state index in [0.29, 0.717) is 18.7 Å². The first kappa shape index (κ1) is 10.9. The van der Waals surface area contributed by atoms with Gasteiger partial charge in [-0.3, -0.25) is 14.4 Å². The second kappa shape index (κ2) is 5.52. The van der Waals surface area contributed by atoms with Gasteiger partial charge in [0.15, 0.2) is 6.29 Å². The van der Waals surface area contributed by atoms with Gasteiger partial charge in [0.2, 0.25) is 12.2 Å². The first-order chi connectivity index (χ1) is 6.77. The fourth-order valence-electron chi connectivity index (χ4n) is 1.66. The highest BCUT2D eigenvalue weighted by atomic mass is 16.2. The van der Waals surface area contributed by atoms with Gasteiger partial charge in [0.1, 0.15) is 0 Å². The molecule has 14 heavy (non-hydrogen) atoms. The molecule has 1 rings (SSSR count). The molecule has 1 N–H and O–H groups in total. The van der Waals surface area contributed by atoms with Crippen LogP contribution in [0.15, 0.2) is 0 Å². The number of carbonyl (C=O) groups is 3. The predicted molar refractivity (Wildman–Crippen MR) is 50.6 cm³/mol. The minimum Gasteiger partial charge on any atom is -0.348 e. The predicted octanol–water partition coefficient (Wildman–Crippen LogP) is 0.449. The van der Waals surface area contributed by atoms with Crippen LogP contribution in [0, 0.1) is 5.92 Å². The van der Waals surface area contributed by atoms with Crippen LogP contribution in [0.2, 0.25) is 0 Å². The Bertz CT molecular complexity index is 223. The van der Waals surface area contributed by atoms with Crippen LogP contribution in [0.1, 0.15) is 32.1 Å². The van der Waals surface area contributed by atoms with E-state index in [1.54, 1.807) is 0 Å². The van der Waals surface area contributed by atoms with E-state index in [4.69, 9.17) is 0 Å². The molecular formula is C10H15NO3. The van der Waals surface area contributed by atoms with E-state index in [-0.39, 0.29) is 6.29 Å². The molecule has 1 fully saturated rings. The Balaban J connectivity index is 2.29. The van der Waals surface area contributed by atoms with Crippen molar-refractivity contribution in [2.75, 3.05) is 0 Å². The fraction of sp³-hybridized carbons (Fsp3) is 0.700. The number of amides is 1. The van der Waals surface area contributed by atoms with Crippen LogP contribution in [-0.2, 0) is 14.4 Å². The van der Waals surface area contributed by atoms with Crippen molar-refractivity contribution in [1.29, 1.82) is 0 Å². The maximum absolute atomic E-state index is 11.0. The van der Waals surface area contributed by atoms with E-state index >= 15 is 0 Å². The van der Waals surface area contributed by atoms with Crippen molar-refractivity contribution in [3.05, 3.63) is 0 Å². The highest BCUT2D eigenvalue weighted by Crippen LogP contribution is 2.30. The largest absolute Gasteiger partial charge is 0.348 e. The molecule has 0 aromatic heterocycles. The SMILES string of the molecule is O=CNC(CCC1CCC1)C(=O)C=O. The van der Waals surface area contributed by atoms with Gasteiger partial charge in [-0.2, -0.15) is 0 Å². The third kappa shape index (κ3) is 2.94. The number of nitrogens with one attached hydrogen (secondary N) is 1. The van der Waals surface area contributed by atoms with E-state index in [9.17, 15) is 14.4 Å². The number of carbonyl (C=O) groups excluding carboxylic acids is 3. The maximum Gasteiger partial charge on any atom is 0.217 e. The first-order valence-corrected chi connectivity index (χ1v) is 4.96. The molecule has 0 bridgehead atoms. The van der Waals surface area contributed by atoms with Crippen molar-refractivity contribution in [2.45, 2.75) is 38.1 Å². The summed E-state index contributed by atoms with van der Waals surface area (Å²) >= 11 is 0. The average Bonchev–Trinajstić information content (AvgIpc) is 2.13. The molecule has 0 aromatic carbocycles. The summed E-state index contributed by atoms with van der Waals surface area (Å²) in [7, 11) is 0. The number of rotatable bonds is 7. The molecule has 4 nitrogen and oxygen atoms in total. The third-order valence-corrected chi connectivity index (χ3v) is 2.82. The van der Waals surface area contributed by atoms with Crippen LogP contribution in [0.4, 0.5) is 0 Å². The zero-order chi connectivity index (χ0) is 10.4. The van der Waals surface area contributed by atoms with Crippen molar-refractivity contribution in [3.63, 3.8) is 0 Å². The first-order valence-electron chi connectivity index (χ1n) is 4.96. The molecule has 1 saturated carbocycles. The van der Waals surface area contributed by atoms with Gasteiger partial charge in [-0.05, 0) is 18.8 Å². The molecule has 4 heteroatoms. The van der Waals surface area contributed by atoms with Gasteiger partial charge in [-0.1, -0.05) is 19.3 Å². The van der Waals surface area contributed by atoms with Crippen LogP contribution in [0.3, 0.4) is 0 Å². The average molecular weight is 197 g/mol. The van der Waals surface area contributed by atoms with Crippen molar-refractivity contribution in [2.24, 2.45) is 5.92 Å². The van der Waals surface area contributed by atoms with Gasteiger partial charge < -0.3 is 5.32 Å². The van der Waals surface area contributed by atoms with Gasteiger partial charge in [-0.15, -0.1) is 0 Å². The lowest BCUT2D eigenvalue weighted by Crippen LogP contribution is -2.37. The molecule has 0 radical (unpaired) electrons. The molecule has 1 amide bonds. The lowest BCUT2D eigenvalue weighted by molar-refractivity contribution is -0.132. The van der Waals surface area contributed by atoms with Crippen LogP contribution in [-0.4, -0.2) is 24.5 Å². The minimum absolute atomic E-state index is 0.280. The smallest absolute Gasteiger partial charge is 0.217 e. The fourth-order valence-corrected chi connectivity index (χ4v) is 1.66. The van der Waals surface area contributed by atoms with E-state index in [0.717, 1.165) is 6.42 Å². The van der Waals surface area contributed by atoms with Gasteiger partial charge in [0.05, 0.1) is 6.04 Å². The standard InChI is InChI=1S/C10H15NO3/c12-6-10(14)9(11-7-13)5-4-8-2-1-3-8/h6-9H,1-5H2,(H,11,13). The summed E-state index contributed by atoms with van der Waals surface area (Å²) in [5.74, 6) is 0.154. The van der Waals surface area contributed by atoms with Gasteiger partial charge in [0, 0.05) is 0 Å². The molecule has 1 aliphatic carbocycles. The maximum atomic E-state index is 11.0. The molecule has 0 saturated heterocycles. The summed E-state index contributed by atoms with van der Waals surface area (Å²) < 4.78 is 0. The Morgan fingerprint density at radius 3 is 2.57 bits per heavy atom. The molecule has 0 aromatic rings. The minimum atomic E-state index is -0.606. The van der Waals surface area contributed by atoms with E-state index in [1.165, 1.54) is 19.3 Å². The van der Waals surface area contributed by atoms with Gasteiger partial charge in [-0.25, -0.2) is 0 Å². The molecule has 1 unspecified atom stereocenters. The Hall–Kier alpha value is -1.19. The topological polar surface area (TPSA) is 63.2 Å². The zero-order valence-corrected chi connectivity index (χ0v) is 8.07. The molecule has 1 atom stereocenters. The lowest BCUT2D eigenvalue weighted by atomic mass is 9.81. The number of aldehydes is 1. The van der Waals surface area contributed by atoms with Crippen molar-refractivity contribution in [1.82, 2.24) is 5.32 Å². The van der Waals surface area contributed by atoms with E-state index < -0.39 is 11.8 Å². The molecule has 1 aliphatic rings. The van der Waals surface area contributed by atoms with Crippen molar-refractivity contribution in [3.8, 4) is 0 Å². The summed E-state index contributed by atoms with van der Waals surface area (Å²) in [6.07, 6.45) is 5.95. The summed E-state index contributed by atoms with van der Waals surface area (Å²) in [6.45, 7) is 0. The Labute approximate surface area is 83.1 Å². The van der Waals surface area contributed by atoms with Crippen LogP contribution < -0.4 is 5.32 Å². The van der Waals surface area contributed by atoms with E-state index in [2.05, 4.69) is 5.32 Å². The summed E-state index contributed by atoms with van der Waals surface area (Å²) in [5, 5.41) is 2.38. The number of ketones is 1. The molecule has 0 aliphatic heterocycles. The molecule has 0 heterocycles. The highest BCUT2D eigenvalue weighted by molar-refractivity contribution is 6.27. The second-order valence-electron chi connectivity index (χ2n) is 3.73. The lowest BCUT2D eigenvalue weighted by Gasteiger charge is -2.26. The summed E-state index contributed by atoms with van der Waals surface area (Å²) in [4.78, 5) is 31.5. The van der Waals surface area contributed by atoms with Crippen LogP contribution in [0.5, 0.6) is 0 Å². The second-order valence-corrected chi connectivity index (χ2v) is 3.73. The summed E-state index contributed by atoms with van der Waals surface area (Å²) in [6, 6.07) is -0.606. The van der Waals surface area contributed by atoms with E-state index in [1.807, 2.05) is 0 Å². The monoisotopic (exact) mass is 197 g/mol. The van der Waals surface area contributed by atoms with Gasteiger partial charge >= 0.3 is 0 Å². The van der Waals surface area contributed by atoms with Crippen LogP contribution in [0.25, 0.3) is 0 Å². The highest BCUT2D eigenvalue weighted by Gasteiger charge is 2.22. The number of hydrogen-bond donors (Lipinski definition) is 1. The van der Waals surface area contributed by atoms with Crippen molar-refractivity contribution >= 4 is 18.5 Å². The Kier molecular flexibility index (Phi) is 4.29. The molecular weight excluding hydrogens is 182 g/mol. The Morgan fingerprint density at radius 2 is 2.14 bits per heavy atom. The van der Waals surface area contributed by atoms with Crippen molar-refractivity contribution < 1.29 is 14.4 Å². The molecule has 0 spiro atoms. The molecule has 78 valence electrons. The van der Waals surface area contributed by atoms with Crippen LogP contribution >= 0.6 is 0 Å². The number of Topliss-reactive ketones (excluding diaryl/α,β-unsaturated/α-hetero) is 1. The Morgan fingerprint density at radius 1 is 1.43 bits per heavy atom. The van der Waals surface area contributed by atoms with Gasteiger partial charge in [0.25, 0.3) is 0 Å². The summed E-state index contributed by atoms with van der Waals surface area (Å²) in [5.41, 5.74) is 0. The normalized spacial score (nSPS) is 18.0. The number of hydrogen-bond acceptors (Lipinski definition) is 3. The third-order valence-electron chi connectivity index (χ3n) is 2.82.